The minimum absolute atomic E-state index is 0.151. The van der Waals surface area contributed by atoms with Crippen LogP contribution in [0.1, 0.15) is 5.56 Å². The second kappa shape index (κ2) is 4.75. The summed E-state index contributed by atoms with van der Waals surface area (Å²) in [5.41, 5.74) is -0.605. The first-order valence-electron chi connectivity index (χ1n) is 4.74. The Labute approximate surface area is 104 Å². The molecule has 2 aromatic rings. The van der Waals surface area contributed by atoms with Crippen molar-refractivity contribution in [2.75, 3.05) is 0 Å². The summed E-state index contributed by atoms with van der Waals surface area (Å²) in [5.74, 6) is -1.43. The largest absolute Gasteiger partial charge is 0.268 e. The molecule has 0 atom stereocenters. The molecule has 6 heteroatoms. The van der Waals surface area contributed by atoms with E-state index in [2.05, 4.69) is 21.0 Å². The highest BCUT2D eigenvalue weighted by Crippen LogP contribution is 2.21. The SMILES string of the molecule is O=c1cccnn1Cc1c(F)ccc(Br)c1F. The van der Waals surface area contributed by atoms with Crippen molar-refractivity contribution in [2.24, 2.45) is 0 Å². The van der Waals surface area contributed by atoms with Gasteiger partial charge in [-0.05, 0) is 34.1 Å². The lowest BCUT2D eigenvalue weighted by Gasteiger charge is -2.07. The highest BCUT2D eigenvalue weighted by atomic mass is 79.9. The highest BCUT2D eigenvalue weighted by molar-refractivity contribution is 9.10. The lowest BCUT2D eigenvalue weighted by atomic mass is 10.2. The van der Waals surface area contributed by atoms with E-state index in [1.807, 2.05) is 0 Å². The van der Waals surface area contributed by atoms with Gasteiger partial charge in [0.1, 0.15) is 11.6 Å². The van der Waals surface area contributed by atoms with E-state index in [1.165, 1.54) is 24.4 Å². The van der Waals surface area contributed by atoms with Gasteiger partial charge in [-0.1, -0.05) is 0 Å². The molecule has 0 saturated heterocycles. The zero-order valence-electron chi connectivity index (χ0n) is 8.53. The third-order valence-electron chi connectivity index (χ3n) is 2.23. The van der Waals surface area contributed by atoms with E-state index in [4.69, 9.17) is 0 Å². The molecular formula is C11H7BrF2N2O. The maximum atomic E-state index is 13.6. The van der Waals surface area contributed by atoms with Crippen LogP contribution < -0.4 is 5.56 Å². The molecule has 0 N–H and O–H groups in total. The van der Waals surface area contributed by atoms with Crippen molar-refractivity contribution in [3.05, 3.63) is 62.5 Å². The molecule has 3 nitrogen and oxygen atoms in total. The normalized spacial score (nSPS) is 10.5. The van der Waals surface area contributed by atoms with Crippen molar-refractivity contribution in [3.63, 3.8) is 0 Å². The van der Waals surface area contributed by atoms with Gasteiger partial charge in [0.05, 0.1) is 11.0 Å². The van der Waals surface area contributed by atoms with Crippen molar-refractivity contribution in [3.8, 4) is 0 Å². The van der Waals surface area contributed by atoms with Gasteiger partial charge >= 0.3 is 0 Å². The van der Waals surface area contributed by atoms with Gasteiger partial charge in [-0.3, -0.25) is 4.79 Å². The van der Waals surface area contributed by atoms with E-state index >= 15 is 0 Å². The fraction of sp³-hybridized carbons (Fsp3) is 0.0909. The van der Waals surface area contributed by atoms with Crippen LogP contribution >= 0.6 is 15.9 Å². The number of benzene rings is 1. The lowest BCUT2D eigenvalue weighted by molar-refractivity contribution is 0.521. The topological polar surface area (TPSA) is 34.9 Å². The molecule has 1 aromatic carbocycles. The predicted octanol–water partition coefficient (Wildman–Crippen LogP) is 2.33. The van der Waals surface area contributed by atoms with Crippen LogP contribution in [0.2, 0.25) is 0 Å². The minimum Gasteiger partial charge on any atom is -0.268 e. The summed E-state index contributed by atoms with van der Waals surface area (Å²) in [6.45, 7) is -0.239. The summed E-state index contributed by atoms with van der Waals surface area (Å²) in [5, 5.41) is 3.74. The highest BCUT2D eigenvalue weighted by Gasteiger charge is 2.13. The second-order valence-corrected chi connectivity index (χ2v) is 4.20. The van der Waals surface area contributed by atoms with Crippen molar-refractivity contribution in [1.82, 2.24) is 9.78 Å². The third kappa shape index (κ3) is 2.41. The van der Waals surface area contributed by atoms with E-state index in [-0.39, 0.29) is 16.6 Å². The third-order valence-corrected chi connectivity index (χ3v) is 2.84. The van der Waals surface area contributed by atoms with Crippen molar-refractivity contribution in [1.29, 1.82) is 0 Å². The van der Waals surface area contributed by atoms with Gasteiger partial charge in [0, 0.05) is 17.8 Å². The Hall–Kier alpha value is -1.56. The van der Waals surface area contributed by atoms with Gasteiger partial charge in [0.25, 0.3) is 5.56 Å². The number of halogens is 3. The fourth-order valence-electron chi connectivity index (χ4n) is 1.37. The molecule has 88 valence electrons. The molecule has 0 radical (unpaired) electrons. The summed E-state index contributed by atoms with van der Waals surface area (Å²) in [6, 6.07) is 5.15. The molecule has 0 aliphatic carbocycles. The van der Waals surface area contributed by atoms with E-state index in [0.29, 0.717) is 0 Å². The Morgan fingerprint density at radius 2 is 2.06 bits per heavy atom. The van der Waals surface area contributed by atoms with Crippen LogP contribution in [-0.2, 0) is 6.54 Å². The Morgan fingerprint density at radius 3 is 2.76 bits per heavy atom. The van der Waals surface area contributed by atoms with Crippen molar-refractivity contribution >= 4 is 15.9 Å². The second-order valence-electron chi connectivity index (χ2n) is 3.34. The summed E-state index contributed by atoms with van der Waals surface area (Å²) in [4.78, 5) is 11.4. The van der Waals surface area contributed by atoms with E-state index in [1.54, 1.807) is 0 Å². The van der Waals surface area contributed by atoms with Crippen LogP contribution in [0.4, 0.5) is 8.78 Å². The predicted molar refractivity (Wildman–Crippen MR) is 61.7 cm³/mol. The maximum Gasteiger partial charge on any atom is 0.267 e. The summed E-state index contributed by atoms with van der Waals surface area (Å²) >= 11 is 2.96. The average Bonchev–Trinajstić information content (AvgIpc) is 2.32. The molecule has 0 amide bonds. The number of hydrogen-bond acceptors (Lipinski definition) is 2. The van der Waals surface area contributed by atoms with Crippen LogP contribution in [0.15, 0.2) is 39.7 Å². The molecule has 1 aromatic heterocycles. The van der Waals surface area contributed by atoms with Gasteiger partial charge in [0.2, 0.25) is 0 Å². The molecule has 2 rings (SSSR count). The smallest absolute Gasteiger partial charge is 0.267 e. The average molecular weight is 301 g/mol. The van der Waals surface area contributed by atoms with Crippen molar-refractivity contribution in [2.45, 2.75) is 6.54 Å². The Kier molecular flexibility index (Phi) is 3.33. The summed E-state index contributed by atoms with van der Waals surface area (Å²) in [7, 11) is 0. The molecule has 0 unspecified atom stereocenters. The van der Waals surface area contributed by atoms with Gasteiger partial charge in [-0.15, -0.1) is 0 Å². The van der Waals surface area contributed by atoms with Crippen molar-refractivity contribution < 1.29 is 8.78 Å². The molecule has 17 heavy (non-hydrogen) atoms. The molecule has 0 aliphatic rings. The number of hydrogen-bond donors (Lipinski definition) is 0. The maximum absolute atomic E-state index is 13.6. The van der Waals surface area contributed by atoms with Gasteiger partial charge < -0.3 is 0 Å². The van der Waals surface area contributed by atoms with E-state index < -0.39 is 17.2 Å². The molecule has 0 saturated carbocycles. The monoisotopic (exact) mass is 300 g/mol. The first-order chi connectivity index (χ1) is 8.09. The molecule has 0 aliphatic heterocycles. The summed E-state index contributed by atoms with van der Waals surface area (Å²) < 4.78 is 28.2. The minimum atomic E-state index is -0.720. The van der Waals surface area contributed by atoms with Crippen LogP contribution in [-0.4, -0.2) is 9.78 Å². The first-order valence-corrected chi connectivity index (χ1v) is 5.53. The molecular weight excluding hydrogens is 294 g/mol. The van der Waals surface area contributed by atoms with E-state index in [9.17, 15) is 13.6 Å². The zero-order chi connectivity index (χ0) is 12.4. The van der Waals surface area contributed by atoms with Crippen LogP contribution in [0.3, 0.4) is 0 Å². The Morgan fingerprint density at radius 1 is 1.29 bits per heavy atom. The Bertz CT molecular complexity index is 613. The molecule has 0 fully saturated rings. The summed E-state index contributed by atoms with van der Waals surface area (Å²) in [6.07, 6.45) is 1.38. The number of nitrogens with zero attached hydrogens (tertiary/aromatic N) is 2. The van der Waals surface area contributed by atoms with Gasteiger partial charge in [-0.25, -0.2) is 13.5 Å². The molecule has 0 spiro atoms. The zero-order valence-corrected chi connectivity index (χ0v) is 10.1. The number of aromatic nitrogens is 2. The molecule has 0 bridgehead atoms. The van der Waals surface area contributed by atoms with Crippen LogP contribution in [0.5, 0.6) is 0 Å². The lowest BCUT2D eigenvalue weighted by Crippen LogP contribution is -2.22. The molecule has 1 heterocycles. The fourth-order valence-corrected chi connectivity index (χ4v) is 1.74. The Balaban J connectivity index is 2.47. The first kappa shape index (κ1) is 11.9. The quantitative estimate of drug-likeness (QED) is 0.798. The van der Waals surface area contributed by atoms with Crippen LogP contribution in [0.25, 0.3) is 0 Å². The van der Waals surface area contributed by atoms with Gasteiger partial charge in [-0.2, -0.15) is 5.10 Å². The van der Waals surface area contributed by atoms with E-state index in [0.717, 1.165) is 10.7 Å². The van der Waals surface area contributed by atoms with Gasteiger partial charge in [0.15, 0.2) is 0 Å². The number of rotatable bonds is 2. The van der Waals surface area contributed by atoms with Crippen LogP contribution in [0, 0.1) is 11.6 Å². The standard InChI is InChI=1S/C11H7BrF2N2O/c12-8-3-4-9(13)7(11(8)14)6-16-10(17)2-1-5-15-16/h1-5H,6H2.